The molecule has 0 fully saturated rings. The minimum absolute atomic E-state index is 0.0884. The maximum Gasteiger partial charge on any atom is 0.432 e. The number of halogens is 3. The summed E-state index contributed by atoms with van der Waals surface area (Å²) in [4.78, 5) is 26.1. The van der Waals surface area contributed by atoms with E-state index in [4.69, 9.17) is 14.2 Å². The van der Waals surface area contributed by atoms with Crippen LogP contribution in [0.5, 0.6) is 0 Å². The highest BCUT2D eigenvalue weighted by molar-refractivity contribution is 5.91. The zero-order valence-electron chi connectivity index (χ0n) is 22.6. The number of hydrogen-bond acceptors (Lipinski definition) is 5. The summed E-state index contributed by atoms with van der Waals surface area (Å²) in [6.45, 7) is 8.06. The van der Waals surface area contributed by atoms with Gasteiger partial charge in [-0.3, -0.25) is 0 Å². The second-order valence-electron chi connectivity index (χ2n) is 10.5. The summed E-state index contributed by atoms with van der Waals surface area (Å²) in [6, 6.07) is 6.69. The first kappa shape index (κ1) is 29.7. The predicted octanol–water partition coefficient (Wildman–Crippen LogP) is 6.98. The van der Waals surface area contributed by atoms with Crippen molar-refractivity contribution in [1.29, 1.82) is 0 Å². The molecule has 2 bridgehead atoms. The molecular weight excluding hydrogens is 497 g/mol. The lowest BCUT2D eigenvalue weighted by molar-refractivity contribution is -0.277. The van der Waals surface area contributed by atoms with Crippen molar-refractivity contribution in [2.24, 2.45) is 11.8 Å². The summed E-state index contributed by atoms with van der Waals surface area (Å²) >= 11 is 0. The first-order valence-corrected chi connectivity index (χ1v) is 13.0. The van der Waals surface area contributed by atoms with E-state index < -0.39 is 35.9 Å². The van der Waals surface area contributed by atoms with Crippen LogP contribution in [0.25, 0.3) is 0 Å². The van der Waals surface area contributed by atoms with E-state index in [1.807, 2.05) is 6.92 Å². The number of alkyl halides is 3. The number of carbonyl (C=O) groups excluding carboxylic acids is 2. The van der Waals surface area contributed by atoms with E-state index in [9.17, 15) is 22.8 Å². The zero-order chi connectivity index (χ0) is 28.1. The first-order chi connectivity index (χ1) is 17.9. The van der Waals surface area contributed by atoms with Gasteiger partial charge in [0, 0.05) is 30.6 Å². The Bertz CT molecular complexity index is 1090. The molecule has 1 aromatic rings. The van der Waals surface area contributed by atoms with E-state index in [0.717, 1.165) is 31.9 Å². The quantitative estimate of drug-likeness (QED) is 0.301. The van der Waals surface area contributed by atoms with Crippen molar-refractivity contribution in [3.05, 3.63) is 70.8 Å². The molecule has 3 rings (SSSR count). The van der Waals surface area contributed by atoms with Gasteiger partial charge in [-0.05, 0) is 57.6 Å². The summed E-state index contributed by atoms with van der Waals surface area (Å²) in [5.41, 5.74) is -1.34. The first-order valence-electron chi connectivity index (χ1n) is 13.0. The Morgan fingerprint density at radius 3 is 2.34 bits per heavy atom. The zero-order valence-corrected chi connectivity index (χ0v) is 22.6. The van der Waals surface area contributed by atoms with Crippen LogP contribution < -0.4 is 0 Å². The van der Waals surface area contributed by atoms with Crippen LogP contribution in [-0.4, -0.2) is 37.4 Å². The van der Waals surface area contributed by atoms with Crippen LogP contribution in [0.15, 0.2) is 65.3 Å². The smallest absolute Gasteiger partial charge is 0.432 e. The topological polar surface area (TPSA) is 61.8 Å². The summed E-state index contributed by atoms with van der Waals surface area (Å²) in [5.74, 6) is -1.79. The average molecular weight is 535 g/mol. The Morgan fingerprint density at radius 2 is 1.74 bits per heavy atom. The molecule has 38 heavy (non-hydrogen) atoms. The van der Waals surface area contributed by atoms with E-state index >= 15 is 0 Å². The molecule has 2 aliphatic rings. The van der Waals surface area contributed by atoms with Crippen LogP contribution in [-0.2, 0) is 29.4 Å². The van der Waals surface area contributed by atoms with Crippen LogP contribution >= 0.6 is 0 Å². The number of allylic oxidation sites excluding steroid dienone is 3. The molecule has 1 aromatic carbocycles. The Labute approximate surface area is 222 Å². The largest absolute Gasteiger partial charge is 0.455 e. The fourth-order valence-corrected chi connectivity index (χ4v) is 5.14. The van der Waals surface area contributed by atoms with E-state index in [2.05, 4.69) is 26.8 Å². The highest BCUT2D eigenvalue weighted by atomic mass is 19.4. The average Bonchev–Trinajstić information content (AvgIpc) is 3.18. The SMILES string of the molecule is CO[C@](C(=O)O[C@H]1/C=C(\C)CC/C=C(\C)CC[C@@H](C(C)C)[C@H]2C=C(C1)C(=O)O2)(c1ccccc1)C(F)(F)F. The molecule has 0 N–H and O–H groups in total. The summed E-state index contributed by atoms with van der Waals surface area (Å²) < 4.78 is 59.4. The van der Waals surface area contributed by atoms with Gasteiger partial charge in [0.2, 0.25) is 0 Å². The Hall–Kier alpha value is -2.87. The standard InChI is InChI=1S/C30H37F3O5/c1-19(2)25-15-14-20(3)10-9-11-21(4)16-24(17-22-18-26(25)38-27(22)34)37-28(35)29(36-5,30(31,32)33)23-12-7-6-8-13-23/h6-8,10,12-13,16,18-19,24-26H,9,11,14-15,17H2,1-5H3/b20-10+,21-16+/t24-,25-,26+,29-/m0/s1. The van der Waals surface area contributed by atoms with Gasteiger partial charge in [-0.25, -0.2) is 9.59 Å². The maximum absolute atomic E-state index is 14.4. The molecular formula is C30H37F3O5. The van der Waals surface area contributed by atoms with Gasteiger partial charge in [0.25, 0.3) is 5.60 Å². The third-order valence-corrected chi connectivity index (χ3v) is 7.38. The van der Waals surface area contributed by atoms with E-state index in [1.165, 1.54) is 29.8 Å². The third-order valence-electron chi connectivity index (χ3n) is 7.38. The number of fused-ring (bicyclic) bond motifs is 1. The van der Waals surface area contributed by atoms with Crippen LogP contribution in [0.3, 0.4) is 0 Å². The number of benzene rings is 1. The molecule has 208 valence electrons. The molecule has 4 atom stereocenters. The van der Waals surface area contributed by atoms with Gasteiger partial charge in [0.05, 0.1) is 0 Å². The van der Waals surface area contributed by atoms with E-state index in [1.54, 1.807) is 18.2 Å². The van der Waals surface area contributed by atoms with Crippen molar-refractivity contribution in [3.8, 4) is 0 Å². The second-order valence-corrected chi connectivity index (χ2v) is 10.5. The molecule has 0 saturated carbocycles. The Kier molecular flexibility index (Phi) is 9.63. The number of ether oxygens (including phenoxy) is 3. The third kappa shape index (κ3) is 6.57. The summed E-state index contributed by atoms with van der Waals surface area (Å²) in [5, 5.41) is 0. The van der Waals surface area contributed by atoms with Crippen molar-refractivity contribution in [1.82, 2.24) is 0 Å². The molecule has 1 heterocycles. The van der Waals surface area contributed by atoms with E-state index in [-0.39, 0.29) is 23.8 Å². The van der Waals surface area contributed by atoms with E-state index in [0.29, 0.717) is 12.0 Å². The monoisotopic (exact) mass is 534 g/mol. The Morgan fingerprint density at radius 1 is 1.05 bits per heavy atom. The molecule has 0 radical (unpaired) electrons. The maximum atomic E-state index is 14.4. The number of methoxy groups -OCH3 is 1. The normalized spacial score (nSPS) is 27.7. The minimum Gasteiger partial charge on any atom is -0.455 e. The van der Waals surface area contributed by atoms with Gasteiger partial charge in [-0.1, -0.05) is 61.4 Å². The molecule has 0 saturated heterocycles. The fraction of sp³-hybridized carbons (Fsp3) is 0.533. The molecule has 0 spiro atoms. The number of hydrogen-bond donors (Lipinski definition) is 0. The molecule has 5 nitrogen and oxygen atoms in total. The molecule has 0 unspecified atom stereocenters. The lowest BCUT2D eigenvalue weighted by Gasteiger charge is -2.33. The summed E-state index contributed by atoms with van der Waals surface area (Å²) in [7, 11) is 0.832. The highest BCUT2D eigenvalue weighted by Gasteiger charge is 2.64. The fourth-order valence-electron chi connectivity index (χ4n) is 5.14. The van der Waals surface area contributed by atoms with Crippen molar-refractivity contribution in [3.63, 3.8) is 0 Å². The van der Waals surface area contributed by atoms with Gasteiger partial charge < -0.3 is 14.2 Å². The molecule has 1 aliphatic heterocycles. The molecule has 0 amide bonds. The second kappa shape index (κ2) is 12.3. The lowest BCUT2D eigenvalue weighted by atomic mass is 9.84. The lowest BCUT2D eigenvalue weighted by Crippen LogP contribution is -2.52. The van der Waals surface area contributed by atoms with Gasteiger partial charge in [0.15, 0.2) is 0 Å². The van der Waals surface area contributed by atoms with Gasteiger partial charge >= 0.3 is 18.1 Å². The van der Waals surface area contributed by atoms with Crippen molar-refractivity contribution >= 4 is 11.9 Å². The van der Waals surface area contributed by atoms with Crippen molar-refractivity contribution in [2.45, 2.75) is 83.8 Å². The number of carbonyl (C=O) groups is 2. The van der Waals surface area contributed by atoms with Crippen molar-refractivity contribution < 1.29 is 37.0 Å². The number of rotatable bonds is 5. The van der Waals surface area contributed by atoms with Crippen LogP contribution in [0.4, 0.5) is 13.2 Å². The molecule has 8 heteroatoms. The van der Waals surface area contributed by atoms with Crippen molar-refractivity contribution in [2.75, 3.05) is 7.11 Å². The predicted molar refractivity (Wildman–Crippen MR) is 138 cm³/mol. The van der Waals surface area contributed by atoms with Gasteiger partial charge in [-0.2, -0.15) is 13.2 Å². The van der Waals surface area contributed by atoms with Gasteiger partial charge in [0.1, 0.15) is 12.2 Å². The molecule has 1 aliphatic carbocycles. The van der Waals surface area contributed by atoms with Crippen LogP contribution in [0, 0.1) is 11.8 Å². The summed E-state index contributed by atoms with van der Waals surface area (Å²) in [6.07, 6.45) is 1.89. The van der Waals surface area contributed by atoms with Gasteiger partial charge in [-0.15, -0.1) is 0 Å². The number of esters is 2. The highest BCUT2D eigenvalue weighted by Crippen LogP contribution is 2.43. The van der Waals surface area contributed by atoms with Crippen LogP contribution in [0.1, 0.15) is 65.4 Å². The molecule has 0 aromatic heterocycles. The van der Waals surface area contributed by atoms with Crippen LogP contribution in [0.2, 0.25) is 0 Å². The Balaban J connectivity index is 2.01. The minimum atomic E-state index is -5.09.